The van der Waals surface area contributed by atoms with E-state index in [1.807, 2.05) is 18.2 Å². The van der Waals surface area contributed by atoms with Crippen LogP contribution in [0.25, 0.3) is 0 Å². The predicted octanol–water partition coefficient (Wildman–Crippen LogP) is 3.95. The van der Waals surface area contributed by atoms with Crippen LogP contribution in [0, 0.1) is 11.8 Å². The molecule has 1 N–H and O–H groups in total. The lowest BCUT2D eigenvalue weighted by Crippen LogP contribution is -2.44. The summed E-state index contributed by atoms with van der Waals surface area (Å²) in [6.45, 7) is 8.59. The topological polar surface area (TPSA) is 38.3 Å². The Hall–Kier alpha value is -1.35. The van der Waals surface area contributed by atoms with Crippen molar-refractivity contribution in [1.29, 1.82) is 0 Å². The fourth-order valence-electron chi connectivity index (χ4n) is 2.50. The van der Waals surface area contributed by atoms with Crippen molar-refractivity contribution in [3.8, 4) is 0 Å². The number of hydrogen-bond acceptors (Lipinski definition) is 3. The van der Waals surface area contributed by atoms with Gasteiger partial charge in [0.05, 0.1) is 7.11 Å². The minimum absolute atomic E-state index is 0.171. The summed E-state index contributed by atoms with van der Waals surface area (Å²) in [6.07, 6.45) is 1.93. The summed E-state index contributed by atoms with van der Waals surface area (Å²) in [5.74, 6) is 0.628. The van der Waals surface area contributed by atoms with Crippen molar-refractivity contribution in [2.45, 2.75) is 52.6 Å². The molecule has 0 aliphatic rings. The molecule has 0 saturated carbocycles. The van der Waals surface area contributed by atoms with E-state index >= 15 is 0 Å². The lowest BCUT2D eigenvalue weighted by Gasteiger charge is -2.29. The second-order valence-corrected chi connectivity index (χ2v) is 6.15. The third-order valence-electron chi connectivity index (χ3n) is 3.96. The van der Waals surface area contributed by atoms with Gasteiger partial charge in [-0.15, -0.1) is 0 Å². The molecule has 1 rings (SSSR count). The van der Waals surface area contributed by atoms with E-state index in [0.717, 1.165) is 12.8 Å². The van der Waals surface area contributed by atoms with Crippen molar-refractivity contribution in [2.75, 3.05) is 7.11 Å². The minimum Gasteiger partial charge on any atom is -0.468 e. The van der Waals surface area contributed by atoms with E-state index in [0.29, 0.717) is 5.92 Å². The summed E-state index contributed by atoms with van der Waals surface area (Å²) in [6, 6.07) is 10.2. The summed E-state index contributed by atoms with van der Waals surface area (Å²) in [4.78, 5) is 12.1. The van der Waals surface area contributed by atoms with Crippen molar-refractivity contribution < 1.29 is 9.53 Å². The molecule has 0 saturated heterocycles. The van der Waals surface area contributed by atoms with Gasteiger partial charge >= 0.3 is 5.97 Å². The first-order chi connectivity index (χ1) is 9.99. The van der Waals surface area contributed by atoms with Crippen molar-refractivity contribution in [1.82, 2.24) is 5.32 Å². The summed E-state index contributed by atoms with van der Waals surface area (Å²) < 4.78 is 4.98. The van der Waals surface area contributed by atoms with Crippen molar-refractivity contribution >= 4 is 5.97 Å². The Morgan fingerprint density at radius 3 is 2.29 bits per heavy atom. The Morgan fingerprint density at radius 1 is 1.19 bits per heavy atom. The molecule has 0 fully saturated rings. The zero-order valence-corrected chi connectivity index (χ0v) is 13.9. The van der Waals surface area contributed by atoms with Crippen LogP contribution in [0.15, 0.2) is 30.3 Å². The summed E-state index contributed by atoms with van der Waals surface area (Å²) in [7, 11) is 1.46. The van der Waals surface area contributed by atoms with Gasteiger partial charge in [0.1, 0.15) is 6.04 Å². The standard InChI is InChI=1S/C18H29NO2/c1-6-14(4)17(18(20)21-5)19-16(12-13(2)3)15-10-8-7-9-11-15/h7-11,13-14,16-17,19H,6,12H2,1-5H3. The smallest absolute Gasteiger partial charge is 0.323 e. The molecule has 0 aromatic heterocycles. The van der Waals surface area contributed by atoms with E-state index in [1.165, 1.54) is 12.7 Å². The van der Waals surface area contributed by atoms with Crippen LogP contribution in [0.3, 0.4) is 0 Å². The van der Waals surface area contributed by atoms with Crippen LogP contribution in [0.1, 0.15) is 52.1 Å². The zero-order chi connectivity index (χ0) is 15.8. The molecule has 3 unspecified atom stereocenters. The molecule has 21 heavy (non-hydrogen) atoms. The van der Waals surface area contributed by atoms with Gasteiger partial charge < -0.3 is 4.74 Å². The minimum atomic E-state index is -0.260. The maximum Gasteiger partial charge on any atom is 0.323 e. The van der Waals surface area contributed by atoms with Gasteiger partial charge in [0, 0.05) is 6.04 Å². The van der Waals surface area contributed by atoms with E-state index in [1.54, 1.807) is 0 Å². The lowest BCUT2D eigenvalue weighted by molar-refractivity contribution is -0.144. The van der Waals surface area contributed by atoms with Gasteiger partial charge in [-0.2, -0.15) is 0 Å². The number of rotatable bonds is 8. The fourth-order valence-corrected chi connectivity index (χ4v) is 2.50. The van der Waals surface area contributed by atoms with Gasteiger partial charge in [0.2, 0.25) is 0 Å². The predicted molar refractivity (Wildman–Crippen MR) is 87.0 cm³/mol. The zero-order valence-electron chi connectivity index (χ0n) is 13.9. The van der Waals surface area contributed by atoms with E-state index in [4.69, 9.17) is 4.74 Å². The van der Waals surface area contributed by atoms with Crippen LogP contribution in [-0.4, -0.2) is 19.1 Å². The Bertz CT molecular complexity index is 416. The normalized spacial score (nSPS) is 15.5. The molecule has 0 amide bonds. The number of nitrogens with one attached hydrogen (secondary N) is 1. The van der Waals surface area contributed by atoms with Crippen molar-refractivity contribution in [3.63, 3.8) is 0 Å². The molecule has 0 spiro atoms. The molecular weight excluding hydrogens is 262 g/mol. The van der Waals surface area contributed by atoms with Gasteiger partial charge in [-0.05, 0) is 23.8 Å². The average molecular weight is 291 g/mol. The second-order valence-electron chi connectivity index (χ2n) is 6.15. The monoisotopic (exact) mass is 291 g/mol. The second kappa shape index (κ2) is 8.83. The third-order valence-corrected chi connectivity index (χ3v) is 3.96. The Morgan fingerprint density at radius 2 is 1.81 bits per heavy atom. The third kappa shape index (κ3) is 5.50. The first kappa shape index (κ1) is 17.7. The molecule has 0 radical (unpaired) electrons. The molecule has 0 aliphatic heterocycles. The molecule has 1 aromatic carbocycles. The van der Waals surface area contributed by atoms with Crippen LogP contribution in [0.4, 0.5) is 0 Å². The van der Waals surface area contributed by atoms with Crippen LogP contribution < -0.4 is 5.32 Å². The number of carbonyl (C=O) groups excluding carboxylic acids is 1. The number of carbonyl (C=O) groups is 1. The molecular formula is C18H29NO2. The summed E-state index contributed by atoms with van der Waals surface area (Å²) >= 11 is 0. The number of esters is 1. The van der Waals surface area contributed by atoms with Gasteiger partial charge in [-0.25, -0.2) is 0 Å². The number of ether oxygens (including phenoxy) is 1. The quantitative estimate of drug-likeness (QED) is 0.737. The molecule has 0 heterocycles. The van der Waals surface area contributed by atoms with E-state index in [9.17, 15) is 4.79 Å². The highest BCUT2D eigenvalue weighted by atomic mass is 16.5. The van der Waals surface area contributed by atoms with Crippen LogP contribution in [0.5, 0.6) is 0 Å². The molecule has 1 aromatic rings. The van der Waals surface area contributed by atoms with Crippen LogP contribution >= 0.6 is 0 Å². The van der Waals surface area contributed by atoms with Crippen molar-refractivity contribution in [3.05, 3.63) is 35.9 Å². The highest BCUT2D eigenvalue weighted by Crippen LogP contribution is 2.24. The first-order valence-corrected chi connectivity index (χ1v) is 7.88. The van der Waals surface area contributed by atoms with Gasteiger partial charge in [-0.3, -0.25) is 10.1 Å². The SMILES string of the molecule is CCC(C)C(NC(CC(C)C)c1ccccc1)C(=O)OC. The van der Waals surface area contributed by atoms with Gasteiger partial charge in [0.25, 0.3) is 0 Å². The molecule has 118 valence electrons. The number of hydrogen-bond donors (Lipinski definition) is 1. The largest absolute Gasteiger partial charge is 0.468 e. The molecule has 3 nitrogen and oxygen atoms in total. The lowest BCUT2D eigenvalue weighted by atomic mass is 9.93. The first-order valence-electron chi connectivity index (χ1n) is 7.88. The highest BCUT2D eigenvalue weighted by molar-refractivity contribution is 5.76. The van der Waals surface area contributed by atoms with Crippen molar-refractivity contribution in [2.24, 2.45) is 11.8 Å². The Labute approximate surface area is 129 Å². The highest BCUT2D eigenvalue weighted by Gasteiger charge is 2.28. The van der Waals surface area contributed by atoms with E-state index in [-0.39, 0.29) is 24.0 Å². The maximum atomic E-state index is 12.1. The van der Waals surface area contributed by atoms with E-state index < -0.39 is 0 Å². The van der Waals surface area contributed by atoms with E-state index in [2.05, 4.69) is 45.1 Å². The molecule has 0 bridgehead atoms. The molecule has 3 heteroatoms. The summed E-state index contributed by atoms with van der Waals surface area (Å²) in [5.41, 5.74) is 1.23. The van der Waals surface area contributed by atoms with Crippen LogP contribution in [-0.2, 0) is 9.53 Å². The van der Waals surface area contributed by atoms with Crippen LogP contribution in [0.2, 0.25) is 0 Å². The fraction of sp³-hybridized carbons (Fsp3) is 0.611. The molecule has 3 atom stereocenters. The number of methoxy groups -OCH3 is 1. The van der Waals surface area contributed by atoms with Gasteiger partial charge in [0.15, 0.2) is 0 Å². The van der Waals surface area contributed by atoms with Gasteiger partial charge in [-0.1, -0.05) is 64.4 Å². The summed E-state index contributed by atoms with van der Waals surface area (Å²) in [5, 5.41) is 3.53. The Balaban J connectivity index is 2.94. The molecule has 0 aliphatic carbocycles. The Kier molecular flexibility index (Phi) is 7.44. The maximum absolute atomic E-state index is 12.1. The average Bonchev–Trinajstić information content (AvgIpc) is 2.50. The number of benzene rings is 1.